The van der Waals surface area contributed by atoms with Gasteiger partial charge in [-0.05, 0) is 24.7 Å². The number of imidazole rings is 1. The van der Waals surface area contributed by atoms with Gasteiger partial charge < -0.3 is 9.47 Å². The molecule has 1 saturated heterocycles. The monoisotopic (exact) mass is 447 g/mol. The molecule has 11 heteroatoms. The number of rotatable bonds is 7. The Morgan fingerprint density at radius 2 is 2.03 bits per heavy atom. The maximum Gasteiger partial charge on any atom is 0.332 e. The summed E-state index contributed by atoms with van der Waals surface area (Å²) in [6.45, 7) is 7.07. The minimum atomic E-state index is -0.923. The molecule has 0 radical (unpaired) electrons. The molecule has 1 aliphatic heterocycles. The van der Waals surface area contributed by atoms with Crippen LogP contribution in [-0.4, -0.2) is 43.2 Å². The fourth-order valence-electron chi connectivity index (χ4n) is 4.21. The van der Waals surface area contributed by atoms with Gasteiger partial charge in [-0.15, -0.1) is 0 Å². The normalized spacial score (nSPS) is 23.9. The lowest BCUT2D eigenvalue weighted by atomic mass is 9.99. The SMILES string of the molecule is CC[C@H](C)[C@@H]1C[C@@H](OC(C)=O)[C@H](n2c(=O)n(CC3CC3)c3c(=O)[nH]c(NC(C)=O)nc32)O1. The average Bonchev–Trinajstić information content (AvgIpc) is 3.38. The smallest absolute Gasteiger partial charge is 0.332 e. The molecule has 1 aliphatic carbocycles. The average molecular weight is 447 g/mol. The molecule has 2 fully saturated rings. The van der Waals surface area contributed by atoms with Crippen LogP contribution in [0, 0.1) is 11.8 Å². The van der Waals surface area contributed by atoms with Crippen LogP contribution < -0.4 is 16.6 Å². The first-order chi connectivity index (χ1) is 15.2. The predicted molar refractivity (Wildman–Crippen MR) is 115 cm³/mol. The van der Waals surface area contributed by atoms with Gasteiger partial charge in [-0.3, -0.25) is 29.3 Å². The lowest BCUT2D eigenvalue weighted by Crippen LogP contribution is -2.34. The predicted octanol–water partition coefficient (Wildman–Crippen LogP) is 1.52. The maximum atomic E-state index is 13.5. The Hall–Kier alpha value is -2.95. The molecule has 2 aromatic rings. The number of carbonyl (C=O) groups is 2. The number of esters is 1. The van der Waals surface area contributed by atoms with Gasteiger partial charge in [-0.2, -0.15) is 4.98 Å². The summed E-state index contributed by atoms with van der Waals surface area (Å²) < 4.78 is 14.5. The Kier molecular flexibility index (Phi) is 5.93. The van der Waals surface area contributed by atoms with Crippen LogP contribution in [0.2, 0.25) is 0 Å². The topological polar surface area (TPSA) is 137 Å². The van der Waals surface area contributed by atoms with E-state index in [1.54, 1.807) is 0 Å². The Morgan fingerprint density at radius 1 is 1.31 bits per heavy atom. The Labute approximate surface area is 184 Å². The fourth-order valence-corrected chi connectivity index (χ4v) is 4.21. The second-order valence-corrected chi connectivity index (χ2v) is 8.81. The highest BCUT2D eigenvalue weighted by Gasteiger charge is 2.43. The van der Waals surface area contributed by atoms with E-state index in [-0.39, 0.29) is 29.1 Å². The summed E-state index contributed by atoms with van der Waals surface area (Å²) in [4.78, 5) is 56.6. The Bertz CT molecular complexity index is 1160. The molecule has 2 aliphatic rings. The third-order valence-corrected chi connectivity index (χ3v) is 6.19. The second-order valence-electron chi connectivity index (χ2n) is 8.81. The van der Waals surface area contributed by atoms with Gasteiger partial charge in [-0.25, -0.2) is 9.36 Å². The third-order valence-electron chi connectivity index (χ3n) is 6.19. The van der Waals surface area contributed by atoms with E-state index < -0.39 is 35.5 Å². The number of aromatic nitrogens is 4. The van der Waals surface area contributed by atoms with Crippen LogP contribution in [0.5, 0.6) is 0 Å². The van der Waals surface area contributed by atoms with Crippen molar-refractivity contribution in [3.05, 3.63) is 20.8 Å². The van der Waals surface area contributed by atoms with Gasteiger partial charge in [0.05, 0.1) is 6.10 Å². The van der Waals surface area contributed by atoms with Gasteiger partial charge in [-0.1, -0.05) is 20.3 Å². The summed E-state index contributed by atoms with van der Waals surface area (Å²) in [5, 5.41) is 2.46. The van der Waals surface area contributed by atoms with E-state index in [1.807, 2.05) is 13.8 Å². The minimum absolute atomic E-state index is 0.0622. The number of nitrogens with one attached hydrogen (secondary N) is 2. The molecular weight excluding hydrogens is 418 g/mol. The minimum Gasteiger partial charge on any atom is -0.458 e. The van der Waals surface area contributed by atoms with Gasteiger partial charge in [0.1, 0.15) is 6.10 Å². The van der Waals surface area contributed by atoms with Crippen molar-refractivity contribution in [1.82, 2.24) is 19.1 Å². The van der Waals surface area contributed by atoms with Crippen LogP contribution in [0.1, 0.15) is 59.6 Å². The molecule has 1 amide bonds. The number of ether oxygens (including phenoxy) is 2. The fraction of sp³-hybridized carbons (Fsp3) is 0.667. The number of fused-ring (bicyclic) bond motifs is 1. The van der Waals surface area contributed by atoms with Crippen molar-refractivity contribution in [3.8, 4) is 0 Å². The molecule has 174 valence electrons. The molecule has 3 heterocycles. The first kappa shape index (κ1) is 22.3. The van der Waals surface area contributed by atoms with Crippen molar-refractivity contribution in [2.45, 2.75) is 78.4 Å². The highest BCUT2D eigenvalue weighted by atomic mass is 16.6. The number of H-pyrrole nitrogens is 1. The van der Waals surface area contributed by atoms with Gasteiger partial charge >= 0.3 is 11.7 Å². The highest BCUT2D eigenvalue weighted by Crippen LogP contribution is 2.37. The van der Waals surface area contributed by atoms with Gasteiger partial charge in [0.25, 0.3) is 5.56 Å². The van der Waals surface area contributed by atoms with Gasteiger partial charge in [0, 0.05) is 26.8 Å². The van der Waals surface area contributed by atoms with Crippen molar-refractivity contribution in [2.24, 2.45) is 11.8 Å². The van der Waals surface area contributed by atoms with Crippen LogP contribution in [0.3, 0.4) is 0 Å². The Morgan fingerprint density at radius 3 is 2.62 bits per heavy atom. The van der Waals surface area contributed by atoms with E-state index in [0.29, 0.717) is 18.9 Å². The van der Waals surface area contributed by atoms with Crippen molar-refractivity contribution in [1.29, 1.82) is 0 Å². The van der Waals surface area contributed by atoms with E-state index in [0.717, 1.165) is 19.3 Å². The number of hydrogen-bond acceptors (Lipinski definition) is 7. The molecule has 0 unspecified atom stereocenters. The summed E-state index contributed by atoms with van der Waals surface area (Å²) in [5.74, 6) is -0.450. The van der Waals surface area contributed by atoms with Crippen molar-refractivity contribution >= 4 is 29.0 Å². The summed E-state index contributed by atoms with van der Waals surface area (Å²) in [6, 6.07) is 0. The first-order valence-electron chi connectivity index (χ1n) is 11.0. The number of hydrogen-bond donors (Lipinski definition) is 2. The van der Waals surface area contributed by atoms with Crippen LogP contribution in [0.25, 0.3) is 11.2 Å². The largest absolute Gasteiger partial charge is 0.458 e. The molecule has 32 heavy (non-hydrogen) atoms. The second kappa shape index (κ2) is 8.53. The van der Waals surface area contributed by atoms with Crippen molar-refractivity contribution in [2.75, 3.05) is 5.32 Å². The van der Waals surface area contributed by atoms with Crippen LogP contribution in [0.4, 0.5) is 5.95 Å². The zero-order chi connectivity index (χ0) is 23.2. The van der Waals surface area contributed by atoms with Crippen LogP contribution in [0.15, 0.2) is 9.59 Å². The summed E-state index contributed by atoms with van der Waals surface area (Å²) >= 11 is 0. The molecule has 11 nitrogen and oxygen atoms in total. The molecule has 4 rings (SSSR count). The zero-order valence-corrected chi connectivity index (χ0v) is 18.7. The molecule has 2 N–H and O–H groups in total. The first-order valence-corrected chi connectivity index (χ1v) is 11.0. The van der Waals surface area contributed by atoms with E-state index in [9.17, 15) is 19.2 Å². The van der Waals surface area contributed by atoms with E-state index in [2.05, 4.69) is 15.3 Å². The standard InChI is InChI=1S/C21H29N5O6/c1-5-10(2)14-8-15(31-12(4)28)19(32-14)26-17-16(25(21(26)30)9-13-6-7-13)18(29)24-20(23-17)22-11(3)27/h10,13-15,19H,5-9H2,1-4H3,(H2,22,23,24,27,29)/t10-,14-,15+,19+/m0/s1. The number of amides is 1. The van der Waals surface area contributed by atoms with Crippen LogP contribution >= 0.6 is 0 Å². The molecular formula is C21H29N5O6. The molecule has 0 bridgehead atoms. The number of nitrogens with zero attached hydrogens (tertiary/aromatic N) is 3. The molecule has 1 saturated carbocycles. The summed E-state index contributed by atoms with van der Waals surface area (Å²) in [7, 11) is 0. The molecule has 2 aromatic heterocycles. The van der Waals surface area contributed by atoms with Gasteiger partial charge in [0.2, 0.25) is 11.9 Å². The number of carbonyl (C=O) groups excluding carboxylic acids is 2. The summed E-state index contributed by atoms with van der Waals surface area (Å²) in [6.07, 6.45) is 1.42. The lowest BCUT2D eigenvalue weighted by molar-refractivity contribution is -0.152. The maximum absolute atomic E-state index is 13.5. The van der Waals surface area contributed by atoms with Crippen molar-refractivity contribution in [3.63, 3.8) is 0 Å². The quantitative estimate of drug-likeness (QED) is 0.614. The summed E-state index contributed by atoms with van der Waals surface area (Å²) in [5.41, 5.74) is -0.768. The molecule has 4 atom stereocenters. The van der Waals surface area contributed by atoms with Crippen molar-refractivity contribution < 1.29 is 19.1 Å². The van der Waals surface area contributed by atoms with E-state index in [1.165, 1.54) is 23.0 Å². The van der Waals surface area contributed by atoms with Crippen LogP contribution in [-0.2, 0) is 25.6 Å². The third kappa shape index (κ3) is 4.21. The Balaban J connectivity index is 1.88. The zero-order valence-electron chi connectivity index (χ0n) is 18.7. The number of aromatic amines is 1. The van der Waals surface area contributed by atoms with E-state index in [4.69, 9.17) is 9.47 Å². The molecule has 0 spiro atoms. The van der Waals surface area contributed by atoms with E-state index >= 15 is 0 Å². The molecule has 0 aromatic carbocycles. The lowest BCUT2D eigenvalue weighted by Gasteiger charge is -2.20. The van der Waals surface area contributed by atoms with Gasteiger partial charge in [0.15, 0.2) is 17.4 Å². The highest BCUT2D eigenvalue weighted by molar-refractivity contribution is 5.87. The number of anilines is 1.